The molecule has 2 aliphatic rings. The summed E-state index contributed by atoms with van der Waals surface area (Å²) in [6, 6.07) is 10.1. The average Bonchev–Trinajstić information content (AvgIpc) is 2.69. The van der Waals surface area contributed by atoms with Crippen molar-refractivity contribution in [2.75, 3.05) is 35.2 Å². The van der Waals surface area contributed by atoms with Gasteiger partial charge in [0.25, 0.3) is 5.91 Å². The highest BCUT2D eigenvalue weighted by Gasteiger charge is 2.41. The summed E-state index contributed by atoms with van der Waals surface area (Å²) in [5, 5.41) is 5.50. The number of hydrogen-bond acceptors (Lipinski definition) is 4. The third-order valence-corrected chi connectivity index (χ3v) is 5.16. The standard InChI is InChI=1S/C20H19F4N3O2/c21-16-9-14(10-17-19(16)26-18(28)11-29-17)25-13-1-3-15(4-2-13)27-7-5-12(6-8-27)20(22,23)24/h1-4,9-10,12,25H,5-8,11H2,(H,26,28). The average molecular weight is 409 g/mol. The zero-order valence-corrected chi connectivity index (χ0v) is 15.4. The quantitative estimate of drug-likeness (QED) is 0.723. The predicted molar refractivity (Wildman–Crippen MR) is 101 cm³/mol. The van der Waals surface area contributed by atoms with Crippen LogP contribution in [0.2, 0.25) is 0 Å². The molecule has 2 heterocycles. The van der Waals surface area contributed by atoms with Crippen LogP contribution in [-0.2, 0) is 4.79 Å². The van der Waals surface area contributed by atoms with Crippen LogP contribution >= 0.6 is 0 Å². The number of nitrogens with one attached hydrogen (secondary N) is 2. The number of rotatable bonds is 3. The molecule has 0 unspecified atom stereocenters. The minimum absolute atomic E-state index is 0.0180. The number of nitrogens with zero attached hydrogens (tertiary/aromatic N) is 1. The van der Waals surface area contributed by atoms with Gasteiger partial charge in [-0.15, -0.1) is 0 Å². The Morgan fingerprint density at radius 3 is 2.41 bits per heavy atom. The molecule has 1 amide bonds. The zero-order chi connectivity index (χ0) is 20.6. The number of benzene rings is 2. The second-order valence-electron chi connectivity index (χ2n) is 7.14. The van der Waals surface area contributed by atoms with Crippen molar-refractivity contribution in [3.05, 3.63) is 42.2 Å². The molecule has 0 spiro atoms. The molecule has 1 saturated heterocycles. The fourth-order valence-corrected chi connectivity index (χ4v) is 3.59. The Morgan fingerprint density at radius 2 is 1.76 bits per heavy atom. The monoisotopic (exact) mass is 409 g/mol. The van der Waals surface area contributed by atoms with E-state index in [1.165, 1.54) is 6.07 Å². The first-order chi connectivity index (χ1) is 13.8. The molecule has 5 nitrogen and oxygen atoms in total. The number of hydrogen-bond donors (Lipinski definition) is 2. The van der Waals surface area contributed by atoms with E-state index in [0.29, 0.717) is 24.5 Å². The van der Waals surface area contributed by atoms with E-state index < -0.39 is 23.8 Å². The van der Waals surface area contributed by atoms with Gasteiger partial charge in [-0.25, -0.2) is 4.39 Å². The van der Waals surface area contributed by atoms with Crippen molar-refractivity contribution in [3.8, 4) is 5.75 Å². The van der Waals surface area contributed by atoms with Crippen LogP contribution in [0.5, 0.6) is 5.75 Å². The van der Waals surface area contributed by atoms with Gasteiger partial charge in [0.2, 0.25) is 0 Å². The van der Waals surface area contributed by atoms with Crippen LogP contribution in [0.15, 0.2) is 36.4 Å². The van der Waals surface area contributed by atoms with Gasteiger partial charge in [0.05, 0.1) is 5.92 Å². The van der Waals surface area contributed by atoms with Crippen molar-refractivity contribution in [2.45, 2.75) is 19.0 Å². The zero-order valence-electron chi connectivity index (χ0n) is 15.4. The molecule has 29 heavy (non-hydrogen) atoms. The van der Waals surface area contributed by atoms with E-state index in [1.807, 2.05) is 17.0 Å². The minimum atomic E-state index is -4.13. The molecule has 0 saturated carbocycles. The first kappa shape index (κ1) is 19.4. The predicted octanol–water partition coefficient (Wildman–Crippen LogP) is 4.68. The summed E-state index contributed by atoms with van der Waals surface area (Å²) in [6.45, 7) is 0.543. The molecule has 9 heteroatoms. The van der Waals surface area contributed by atoms with Crippen molar-refractivity contribution >= 4 is 28.7 Å². The van der Waals surface area contributed by atoms with Crippen LogP contribution < -0.4 is 20.3 Å². The lowest BCUT2D eigenvalue weighted by Gasteiger charge is -2.34. The molecule has 0 aromatic heterocycles. The Kier molecular flexibility index (Phi) is 4.97. The van der Waals surface area contributed by atoms with Crippen molar-refractivity contribution in [3.63, 3.8) is 0 Å². The molecule has 0 bridgehead atoms. The first-order valence-electron chi connectivity index (χ1n) is 9.24. The van der Waals surface area contributed by atoms with E-state index in [4.69, 9.17) is 4.74 Å². The van der Waals surface area contributed by atoms with E-state index in [0.717, 1.165) is 5.69 Å². The Labute approximate surface area is 164 Å². The maximum Gasteiger partial charge on any atom is 0.391 e. The van der Waals surface area contributed by atoms with Gasteiger partial charge in [-0.05, 0) is 43.2 Å². The number of anilines is 4. The summed E-state index contributed by atoms with van der Waals surface area (Å²) in [5.74, 6) is -2.00. The van der Waals surface area contributed by atoms with Crippen molar-refractivity contribution in [1.29, 1.82) is 0 Å². The summed E-state index contributed by atoms with van der Waals surface area (Å²) < 4.78 is 57.9. The third kappa shape index (κ3) is 4.23. The van der Waals surface area contributed by atoms with Crippen molar-refractivity contribution < 1.29 is 27.1 Å². The summed E-state index contributed by atoms with van der Waals surface area (Å²) in [4.78, 5) is 13.2. The lowest BCUT2D eigenvalue weighted by molar-refractivity contribution is -0.179. The van der Waals surface area contributed by atoms with Crippen LogP contribution in [0.3, 0.4) is 0 Å². The number of alkyl halides is 3. The Bertz CT molecular complexity index is 907. The van der Waals surface area contributed by atoms with Gasteiger partial charge in [-0.3, -0.25) is 4.79 Å². The molecule has 2 N–H and O–H groups in total. The highest BCUT2D eigenvalue weighted by molar-refractivity contribution is 5.96. The number of piperidine rings is 1. The SMILES string of the molecule is O=C1COc2cc(Nc3ccc(N4CCC(C(F)(F)F)CC4)cc3)cc(F)c2N1. The van der Waals surface area contributed by atoms with Crippen LogP contribution in [0.1, 0.15) is 12.8 Å². The molecule has 0 radical (unpaired) electrons. The maximum atomic E-state index is 14.2. The lowest BCUT2D eigenvalue weighted by Crippen LogP contribution is -2.38. The van der Waals surface area contributed by atoms with Crippen molar-refractivity contribution in [1.82, 2.24) is 0 Å². The van der Waals surface area contributed by atoms with Crippen LogP contribution in [0.25, 0.3) is 0 Å². The number of halogens is 4. The van der Waals surface area contributed by atoms with Gasteiger partial charge >= 0.3 is 6.18 Å². The number of carbonyl (C=O) groups is 1. The first-order valence-corrected chi connectivity index (χ1v) is 9.24. The highest BCUT2D eigenvalue weighted by atomic mass is 19.4. The van der Waals surface area contributed by atoms with E-state index in [9.17, 15) is 22.4 Å². The molecule has 1 fully saturated rings. The largest absolute Gasteiger partial charge is 0.481 e. The van der Waals surface area contributed by atoms with E-state index >= 15 is 0 Å². The molecule has 0 atom stereocenters. The topological polar surface area (TPSA) is 53.6 Å². The third-order valence-electron chi connectivity index (χ3n) is 5.16. The van der Waals surface area contributed by atoms with Crippen LogP contribution in [0.4, 0.5) is 40.3 Å². The highest BCUT2D eigenvalue weighted by Crippen LogP contribution is 2.37. The van der Waals surface area contributed by atoms with Crippen molar-refractivity contribution in [2.24, 2.45) is 5.92 Å². The number of amides is 1. The van der Waals surface area contributed by atoms with E-state index in [-0.39, 0.29) is 30.9 Å². The molecule has 2 aromatic carbocycles. The van der Waals surface area contributed by atoms with Gasteiger partial charge in [-0.2, -0.15) is 13.2 Å². The fraction of sp³-hybridized carbons (Fsp3) is 0.350. The molecule has 2 aliphatic heterocycles. The summed E-state index contributed by atoms with van der Waals surface area (Å²) in [5.41, 5.74) is 2.01. The molecule has 4 rings (SSSR count). The normalized spacial score (nSPS) is 17.4. The molecule has 2 aromatic rings. The maximum absolute atomic E-state index is 14.2. The van der Waals surface area contributed by atoms with Gasteiger partial charge in [0.15, 0.2) is 12.4 Å². The smallest absolute Gasteiger partial charge is 0.391 e. The molecule has 154 valence electrons. The number of fused-ring (bicyclic) bond motifs is 1. The Morgan fingerprint density at radius 1 is 1.07 bits per heavy atom. The fourth-order valence-electron chi connectivity index (χ4n) is 3.59. The van der Waals surface area contributed by atoms with E-state index in [2.05, 4.69) is 10.6 Å². The van der Waals surface area contributed by atoms with Gasteiger partial charge in [0, 0.05) is 36.2 Å². The Balaban J connectivity index is 1.42. The van der Waals surface area contributed by atoms with E-state index in [1.54, 1.807) is 18.2 Å². The lowest BCUT2D eigenvalue weighted by atomic mass is 9.96. The van der Waals surface area contributed by atoms with Gasteiger partial charge in [-0.1, -0.05) is 0 Å². The summed E-state index contributed by atoms with van der Waals surface area (Å²) >= 11 is 0. The summed E-state index contributed by atoms with van der Waals surface area (Å²) in [6.07, 6.45) is -3.95. The minimum Gasteiger partial charge on any atom is -0.481 e. The number of ether oxygens (including phenoxy) is 1. The number of carbonyl (C=O) groups excluding carboxylic acids is 1. The van der Waals surface area contributed by atoms with Crippen LogP contribution in [0, 0.1) is 11.7 Å². The molecular weight excluding hydrogens is 390 g/mol. The Hall–Kier alpha value is -2.97. The van der Waals surface area contributed by atoms with Crippen LogP contribution in [-0.4, -0.2) is 31.8 Å². The second kappa shape index (κ2) is 7.46. The van der Waals surface area contributed by atoms with Gasteiger partial charge in [0.1, 0.15) is 11.4 Å². The molecule has 0 aliphatic carbocycles. The summed E-state index contributed by atoms with van der Waals surface area (Å²) in [7, 11) is 0. The molecular formula is C20H19F4N3O2. The second-order valence-corrected chi connectivity index (χ2v) is 7.14. The van der Waals surface area contributed by atoms with Gasteiger partial charge < -0.3 is 20.3 Å².